The van der Waals surface area contributed by atoms with E-state index < -0.39 is 85.3 Å². The second-order valence-electron chi connectivity index (χ2n) is 12.4. The molecule has 0 bridgehead atoms. The average Bonchev–Trinajstić information content (AvgIpc) is 3.57. The molecule has 16 nitrogen and oxygen atoms in total. The second-order valence-corrected chi connectivity index (χ2v) is 12.4. The van der Waals surface area contributed by atoms with Gasteiger partial charge in [0, 0.05) is 18.9 Å². The van der Waals surface area contributed by atoms with E-state index in [-0.39, 0.29) is 30.8 Å². The number of guanidine groups is 1. The Balaban J connectivity index is 1.67. The van der Waals surface area contributed by atoms with E-state index in [2.05, 4.69) is 16.9 Å². The molecule has 264 valence electrons. The fourth-order valence-corrected chi connectivity index (χ4v) is 6.79. The Morgan fingerprint density at radius 1 is 1.15 bits per heavy atom. The van der Waals surface area contributed by atoms with Crippen LogP contribution in [-0.4, -0.2) is 132 Å². The van der Waals surface area contributed by atoms with Crippen LogP contribution in [0.15, 0.2) is 41.6 Å². The van der Waals surface area contributed by atoms with Gasteiger partial charge >= 0.3 is 5.97 Å². The number of carboxylic acid groups (broad SMARTS) is 1. The number of esters is 1. The number of aliphatic imine (C=N–C) groups is 1. The number of ether oxygens (including phenoxy) is 4. The zero-order chi connectivity index (χ0) is 34.2. The molecule has 2 saturated heterocycles. The van der Waals surface area contributed by atoms with Crippen LogP contribution in [0, 0.1) is 23.7 Å². The van der Waals surface area contributed by atoms with Crippen molar-refractivity contribution in [2.24, 2.45) is 34.4 Å². The van der Waals surface area contributed by atoms with Gasteiger partial charge in [-0.05, 0) is 25.7 Å². The van der Waals surface area contributed by atoms with Gasteiger partial charge in [-0.15, -0.1) is 6.58 Å². The highest BCUT2D eigenvalue weighted by atomic mass is 16.8. The third kappa shape index (κ3) is 8.69. The fourth-order valence-electron chi connectivity index (χ4n) is 6.79. The SMILES string of the molecule is C=CC1C(OC2OC(CO)C(O)C(O)C2O)OC=C(C(=O)OC2CCCC2)C1C=CC1C[NH+](CCO)CC(C(=O)[O-])C1NC(N)=NC. The minimum Gasteiger partial charge on any atom is -0.550 e. The number of aliphatic carboxylic acids is 1. The van der Waals surface area contributed by atoms with E-state index in [0.717, 1.165) is 30.6 Å². The minimum absolute atomic E-state index is 0.0361. The number of quaternary nitrogens is 1. The minimum atomic E-state index is -1.70. The number of nitrogens with two attached hydrogens (primary N) is 1. The van der Waals surface area contributed by atoms with Gasteiger partial charge in [0.05, 0.1) is 62.0 Å². The molecule has 3 heterocycles. The Bertz CT molecular complexity index is 1180. The van der Waals surface area contributed by atoms with Gasteiger partial charge in [-0.2, -0.15) is 0 Å². The van der Waals surface area contributed by atoms with Gasteiger partial charge in [-0.25, -0.2) is 4.79 Å². The molecule has 1 saturated carbocycles. The molecular formula is C31H48N4O12. The number of likely N-dealkylation sites (tertiary alicyclic amines) is 1. The summed E-state index contributed by atoms with van der Waals surface area (Å²) in [4.78, 5) is 30.5. The van der Waals surface area contributed by atoms with Crippen molar-refractivity contribution < 1.29 is 64.1 Å². The Morgan fingerprint density at radius 3 is 2.49 bits per heavy atom. The Labute approximate surface area is 273 Å². The maximum Gasteiger partial charge on any atom is 0.338 e. The van der Waals surface area contributed by atoms with Crippen LogP contribution in [0.1, 0.15) is 25.7 Å². The molecule has 4 rings (SSSR count). The van der Waals surface area contributed by atoms with E-state index in [1.807, 2.05) is 0 Å². The molecule has 0 amide bonds. The number of carbonyl (C=O) groups is 2. The smallest absolute Gasteiger partial charge is 0.338 e. The van der Waals surface area contributed by atoms with E-state index >= 15 is 0 Å². The molecule has 3 aliphatic heterocycles. The predicted octanol–water partition coefficient (Wildman–Crippen LogP) is -4.72. The van der Waals surface area contributed by atoms with Crippen LogP contribution in [0.25, 0.3) is 0 Å². The molecule has 12 unspecified atom stereocenters. The highest BCUT2D eigenvalue weighted by Crippen LogP contribution is 2.37. The molecule has 0 aromatic heterocycles. The van der Waals surface area contributed by atoms with Gasteiger partial charge in [0.1, 0.15) is 37.1 Å². The number of rotatable bonds is 12. The van der Waals surface area contributed by atoms with Crippen LogP contribution in [0.4, 0.5) is 0 Å². The number of nitrogens with one attached hydrogen (secondary N) is 2. The van der Waals surface area contributed by atoms with E-state index in [1.54, 1.807) is 12.2 Å². The first-order valence-electron chi connectivity index (χ1n) is 16.0. The zero-order valence-corrected chi connectivity index (χ0v) is 26.4. The number of hydrogen-bond donors (Lipinski definition) is 8. The first kappa shape index (κ1) is 36.7. The fraction of sp³-hybridized carbons (Fsp3) is 0.710. The number of piperidine rings is 1. The van der Waals surface area contributed by atoms with Crippen molar-refractivity contribution in [1.29, 1.82) is 0 Å². The number of allylic oxidation sites excluding steroid dienone is 1. The number of carbonyl (C=O) groups excluding carboxylic acids is 2. The molecule has 4 aliphatic rings. The maximum absolute atomic E-state index is 13.5. The Hall–Kier alpha value is -3.09. The number of hydrogen-bond acceptors (Lipinski definition) is 13. The van der Waals surface area contributed by atoms with Crippen molar-refractivity contribution in [2.75, 3.05) is 39.9 Å². The summed E-state index contributed by atoms with van der Waals surface area (Å²) in [5, 5.41) is 65.5. The van der Waals surface area contributed by atoms with Crippen molar-refractivity contribution in [1.82, 2.24) is 5.32 Å². The molecule has 47 heavy (non-hydrogen) atoms. The van der Waals surface area contributed by atoms with Gasteiger partial charge in [-0.3, -0.25) is 4.99 Å². The molecule has 9 N–H and O–H groups in total. The van der Waals surface area contributed by atoms with Crippen molar-refractivity contribution in [3.05, 3.63) is 36.6 Å². The van der Waals surface area contributed by atoms with E-state index in [0.29, 0.717) is 13.1 Å². The highest BCUT2D eigenvalue weighted by molar-refractivity contribution is 5.89. The lowest BCUT2D eigenvalue weighted by Crippen LogP contribution is -3.16. The van der Waals surface area contributed by atoms with Gasteiger partial charge in [-0.1, -0.05) is 18.2 Å². The lowest BCUT2D eigenvalue weighted by atomic mass is 9.79. The molecular weight excluding hydrogens is 620 g/mol. The summed E-state index contributed by atoms with van der Waals surface area (Å²) < 4.78 is 23.1. The number of aliphatic hydroxyl groups is 5. The standard InChI is InChI=1S/C31H48N4O12/c1-3-18-19(9-8-16-12-35(10-11-36)13-20(27(41)42)23(16)34-31(32)33-2)21(28(43)45-17-6-4-5-7-17)15-44-29(18)47-30-26(40)25(39)24(38)22(14-37)46-30/h3,8-9,15-20,22-26,29-30,36-40H,1,4-7,10-14H2,2H3,(H,41,42)(H3,32,33,34). The van der Waals surface area contributed by atoms with Crippen LogP contribution in [-0.2, 0) is 28.5 Å². The lowest BCUT2D eigenvalue weighted by Gasteiger charge is -2.43. The Kier molecular flexibility index (Phi) is 13.2. The van der Waals surface area contributed by atoms with Crippen LogP contribution in [0.3, 0.4) is 0 Å². The summed E-state index contributed by atoms with van der Waals surface area (Å²) in [5.74, 6) is -4.92. The van der Waals surface area contributed by atoms with Crippen molar-refractivity contribution in [3.63, 3.8) is 0 Å². The summed E-state index contributed by atoms with van der Waals surface area (Å²) in [6.45, 7) is 4.00. The summed E-state index contributed by atoms with van der Waals surface area (Å²) in [5.41, 5.74) is 6.11. The van der Waals surface area contributed by atoms with Crippen LogP contribution >= 0.6 is 0 Å². The van der Waals surface area contributed by atoms with Crippen molar-refractivity contribution in [3.8, 4) is 0 Å². The number of aliphatic hydroxyl groups excluding tert-OH is 5. The van der Waals surface area contributed by atoms with Crippen LogP contribution < -0.4 is 21.1 Å². The summed E-state index contributed by atoms with van der Waals surface area (Å²) in [6.07, 6.45) is 0.331. The zero-order valence-electron chi connectivity index (χ0n) is 26.4. The summed E-state index contributed by atoms with van der Waals surface area (Å²) in [7, 11) is 1.46. The van der Waals surface area contributed by atoms with Crippen molar-refractivity contribution >= 4 is 17.9 Å². The monoisotopic (exact) mass is 668 g/mol. The quantitative estimate of drug-likeness (QED) is 0.0421. The van der Waals surface area contributed by atoms with E-state index in [9.17, 15) is 40.2 Å². The largest absolute Gasteiger partial charge is 0.550 e. The highest BCUT2D eigenvalue weighted by Gasteiger charge is 2.48. The van der Waals surface area contributed by atoms with Crippen LogP contribution in [0.2, 0.25) is 0 Å². The first-order valence-corrected chi connectivity index (χ1v) is 16.0. The van der Waals surface area contributed by atoms with Crippen molar-refractivity contribution in [2.45, 2.75) is 74.8 Å². The average molecular weight is 669 g/mol. The maximum atomic E-state index is 13.5. The molecule has 0 aromatic rings. The summed E-state index contributed by atoms with van der Waals surface area (Å²) >= 11 is 0. The normalized spacial score (nSPS) is 38.4. The molecule has 0 radical (unpaired) electrons. The first-order chi connectivity index (χ1) is 22.5. The molecule has 16 heteroatoms. The third-order valence-corrected chi connectivity index (χ3v) is 9.43. The van der Waals surface area contributed by atoms with Crippen LogP contribution in [0.5, 0.6) is 0 Å². The van der Waals surface area contributed by atoms with E-state index in [4.69, 9.17) is 24.7 Å². The van der Waals surface area contributed by atoms with E-state index in [1.165, 1.54) is 19.4 Å². The predicted molar refractivity (Wildman–Crippen MR) is 162 cm³/mol. The van der Waals surface area contributed by atoms with Gasteiger partial charge in [0.15, 0.2) is 12.2 Å². The van der Waals surface area contributed by atoms with Gasteiger partial charge < -0.3 is 70.3 Å². The van der Waals surface area contributed by atoms with Gasteiger partial charge in [0.2, 0.25) is 6.29 Å². The second kappa shape index (κ2) is 16.8. The number of carboxylic acids is 1. The number of nitrogens with zero attached hydrogens (tertiary/aromatic N) is 1. The molecule has 3 fully saturated rings. The topological polar surface area (TPSA) is 250 Å². The summed E-state index contributed by atoms with van der Waals surface area (Å²) in [6, 6.07) is -0.733. The van der Waals surface area contributed by atoms with Gasteiger partial charge in [0.25, 0.3) is 0 Å². The molecule has 0 spiro atoms. The molecule has 1 aliphatic carbocycles. The Morgan fingerprint density at radius 2 is 1.87 bits per heavy atom. The lowest BCUT2D eigenvalue weighted by molar-refractivity contribution is -0.911. The molecule has 12 atom stereocenters. The molecule has 0 aromatic carbocycles. The third-order valence-electron chi connectivity index (χ3n) is 9.43.